The zero-order valence-electron chi connectivity index (χ0n) is 11.7. The predicted molar refractivity (Wildman–Crippen MR) is 73.5 cm³/mol. The maximum Gasteiger partial charge on any atom is 0.341 e. The minimum Gasteiger partial charge on any atom is -0.479 e. The average molecular weight is 295 g/mol. The van der Waals surface area contributed by atoms with Crippen molar-refractivity contribution >= 4 is 23.7 Å². The fraction of sp³-hybridized carbons (Fsp3) is 0.385. The summed E-state index contributed by atoms with van der Waals surface area (Å²) in [6.07, 6.45) is -0.294. The van der Waals surface area contributed by atoms with Crippen molar-refractivity contribution < 1.29 is 24.6 Å². The van der Waals surface area contributed by atoms with Gasteiger partial charge in [0.05, 0.1) is 0 Å². The summed E-state index contributed by atoms with van der Waals surface area (Å²) in [4.78, 5) is 37.8. The van der Waals surface area contributed by atoms with Crippen LogP contribution in [0, 0.1) is 6.92 Å². The summed E-state index contributed by atoms with van der Waals surface area (Å²) < 4.78 is 0. The summed E-state index contributed by atoms with van der Waals surface area (Å²) in [7, 11) is 0. The van der Waals surface area contributed by atoms with Gasteiger partial charge in [-0.05, 0) is 37.5 Å². The van der Waals surface area contributed by atoms with Crippen molar-refractivity contribution in [2.75, 3.05) is 5.73 Å². The number of nitrogens with two attached hydrogens (primary N) is 1. The smallest absolute Gasteiger partial charge is 0.341 e. The number of carboxylic acids is 2. The topological polar surface area (TPSA) is 143 Å². The molecule has 0 aliphatic heterocycles. The first kappa shape index (κ1) is 16.4. The Kier molecular flexibility index (Phi) is 4.85. The molecule has 1 aromatic rings. The molecule has 8 heteroatoms. The molecule has 21 heavy (non-hydrogen) atoms. The monoisotopic (exact) mass is 295 g/mol. The molecule has 0 aliphatic rings. The Hall–Kier alpha value is -2.64. The SMILES string of the molecule is CC(=O)NC(CCc1cc(C)cc(N)n1)(C(=O)O)C(=O)O. The Morgan fingerprint density at radius 1 is 1.29 bits per heavy atom. The van der Waals surface area contributed by atoms with E-state index in [0.29, 0.717) is 5.69 Å². The molecule has 0 aromatic carbocycles. The molecule has 0 aliphatic carbocycles. The van der Waals surface area contributed by atoms with Crippen molar-refractivity contribution in [3.63, 3.8) is 0 Å². The lowest BCUT2D eigenvalue weighted by atomic mass is 9.92. The molecule has 0 saturated heterocycles. The second-order valence-electron chi connectivity index (χ2n) is 4.76. The van der Waals surface area contributed by atoms with Gasteiger partial charge in [-0.2, -0.15) is 0 Å². The lowest BCUT2D eigenvalue weighted by Crippen LogP contribution is -2.60. The number of aromatic nitrogens is 1. The third-order valence-electron chi connectivity index (χ3n) is 2.92. The summed E-state index contributed by atoms with van der Waals surface area (Å²) in [5.74, 6) is -3.74. The fourth-order valence-corrected chi connectivity index (χ4v) is 1.99. The lowest BCUT2D eigenvalue weighted by molar-refractivity contribution is -0.161. The summed E-state index contributed by atoms with van der Waals surface area (Å²) >= 11 is 0. The Balaban J connectivity index is 3.04. The number of rotatable bonds is 6. The third kappa shape index (κ3) is 3.91. The first-order valence-electron chi connectivity index (χ1n) is 6.16. The standard InChI is InChI=1S/C13H17N3O5/c1-7-5-9(15-10(14)6-7)3-4-13(11(18)19,12(20)21)16-8(2)17/h5-6H,3-4H2,1-2H3,(H2,14,15)(H,16,17)(H,18,19)(H,20,21). The quantitative estimate of drug-likeness (QED) is 0.539. The highest BCUT2D eigenvalue weighted by Gasteiger charge is 2.47. The van der Waals surface area contributed by atoms with E-state index in [1.54, 1.807) is 19.1 Å². The molecule has 1 aromatic heterocycles. The first-order chi connectivity index (χ1) is 9.67. The van der Waals surface area contributed by atoms with Gasteiger partial charge in [-0.1, -0.05) is 0 Å². The highest BCUT2D eigenvalue weighted by molar-refractivity contribution is 6.06. The van der Waals surface area contributed by atoms with E-state index in [4.69, 9.17) is 5.73 Å². The van der Waals surface area contributed by atoms with Gasteiger partial charge in [0.1, 0.15) is 5.82 Å². The van der Waals surface area contributed by atoms with Crippen LogP contribution < -0.4 is 11.1 Å². The number of anilines is 1. The van der Waals surface area contributed by atoms with E-state index < -0.39 is 23.4 Å². The first-order valence-corrected chi connectivity index (χ1v) is 6.16. The molecule has 0 radical (unpaired) electrons. The normalized spacial score (nSPS) is 11.0. The molecular formula is C13H17N3O5. The number of nitrogen functional groups attached to an aromatic ring is 1. The summed E-state index contributed by atoms with van der Waals surface area (Å²) in [5.41, 5.74) is 4.49. The van der Waals surface area contributed by atoms with E-state index in [0.717, 1.165) is 12.5 Å². The lowest BCUT2D eigenvalue weighted by Gasteiger charge is -2.25. The van der Waals surface area contributed by atoms with Crippen LogP contribution >= 0.6 is 0 Å². The van der Waals surface area contributed by atoms with Gasteiger partial charge in [0, 0.05) is 12.6 Å². The number of carbonyl (C=O) groups is 3. The number of nitrogens with zero attached hydrogens (tertiary/aromatic N) is 1. The van der Waals surface area contributed by atoms with Crippen LogP contribution in [-0.2, 0) is 20.8 Å². The van der Waals surface area contributed by atoms with Gasteiger partial charge >= 0.3 is 11.9 Å². The molecule has 1 heterocycles. The molecule has 0 unspecified atom stereocenters. The minimum absolute atomic E-state index is 0.0464. The minimum atomic E-state index is -2.38. The van der Waals surface area contributed by atoms with Crippen molar-refractivity contribution in [3.05, 3.63) is 23.4 Å². The van der Waals surface area contributed by atoms with Crippen LogP contribution in [0.4, 0.5) is 5.82 Å². The predicted octanol–water partition coefficient (Wildman–Crippen LogP) is -0.0511. The van der Waals surface area contributed by atoms with Crippen LogP contribution in [-0.4, -0.2) is 38.6 Å². The van der Waals surface area contributed by atoms with E-state index in [1.807, 2.05) is 5.32 Å². The molecule has 1 rings (SSSR count). The van der Waals surface area contributed by atoms with Crippen LogP contribution in [0.2, 0.25) is 0 Å². The van der Waals surface area contributed by atoms with Gasteiger partial charge in [-0.15, -0.1) is 0 Å². The van der Waals surface area contributed by atoms with Crippen LogP contribution in [0.3, 0.4) is 0 Å². The van der Waals surface area contributed by atoms with E-state index in [1.165, 1.54) is 0 Å². The number of aryl methyl sites for hydroxylation is 2. The van der Waals surface area contributed by atoms with Crippen molar-refractivity contribution in [1.29, 1.82) is 0 Å². The average Bonchev–Trinajstić information content (AvgIpc) is 2.32. The fourth-order valence-electron chi connectivity index (χ4n) is 1.99. The molecule has 5 N–H and O–H groups in total. The van der Waals surface area contributed by atoms with Crippen LogP contribution in [0.5, 0.6) is 0 Å². The van der Waals surface area contributed by atoms with Crippen molar-refractivity contribution in [1.82, 2.24) is 10.3 Å². The Labute approximate surface area is 121 Å². The molecular weight excluding hydrogens is 278 g/mol. The van der Waals surface area contributed by atoms with Gasteiger partial charge in [0.25, 0.3) is 0 Å². The summed E-state index contributed by atoms with van der Waals surface area (Å²) in [6.45, 7) is 2.85. The Morgan fingerprint density at radius 2 is 1.86 bits per heavy atom. The molecule has 0 bridgehead atoms. The van der Waals surface area contributed by atoms with Crippen molar-refractivity contribution in [3.8, 4) is 0 Å². The highest BCUT2D eigenvalue weighted by Crippen LogP contribution is 2.17. The molecule has 0 spiro atoms. The van der Waals surface area contributed by atoms with Gasteiger partial charge in [0.15, 0.2) is 0 Å². The second kappa shape index (κ2) is 6.21. The number of hydrogen-bond donors (Lipinski definition) is 4. The molecule has 0 fully saturated rings. The van der Waals surface area contributed by atoms with Gasteiger partial charge < -0.3 is 21.3 Å². The molecule has 0 atom stereocenters. The van der Waals surface area contributed by atoms with Gasteiger partial charge in [0.2, 0.25) is 11.4 Å². The second-order valence-corrected chi connectivity index (χ2v) is 4.76. The summed E-state index contributed by atoms with van der Waals surface area (Å²) in [6, 6.07) is 3.32. The number of aliphatic carboxylic acids is 2. The zero-order valence-corrected chi connectivity index (χ0v) is 11.7. The molecule has 1 amide bonds. The maximum absolute atomic E-state index is 11.3. The summed E-state index contributed by atoms with van der Waals surface area (Å²) in [5, 5.41) is 20.4. The van der Waals surface area contributed by atoms with E-state index >= 15 is 0 Å². The number of hydrogen-bond acceptors (Lipinski definition) is 5. The van der Waals surface area contributed by atoms with Crippen LogP contribution in [0.15, 0.2) is 12.1 Å². The van der Waals surface area contributed by atoms with E-state index in [9.17, 15) is 24.6 Å². The van der Waals surface area contributed by atoms with E-state index in [2.05, 4.69) is 4.98 Å². The molecule has 0 saturated carbocycles. The Morgan fingerprint density at radius 3 is 2.29 bits per heavy atom. The third-order valence-corrected chi connectivity index (χ3v) is 2.92. The molecule has 114 valence electrons. The number of nitrogens with one attached hydrogen (secondary N) is 1. The number of pyridine rings is 1. The largest absolute Gasteiger partial charge is 0.479 e. The molecule has 8 nitrogen and oxygen atoms in total. The van der Waals surface area contributed by atoms with E-state index in [-0.39, 0.29) is 18.7 Å². The van der Waals surface area contributed by atoms with Gasteiger partial charge in [-0.3, -0.25) is 4.79 Å². The Bertz CT molecular complexity index is 551. The van der Waals surface area contributed by atoms with Gasteiger partial charge in [-0.25, -0.2) is 14.6 Å². The van der Waals surface area contributed by atoms with Crippen molar-refractivity contribution in [2.45, 2.75) is 32.2 Å². The number of carboxylic acid groups (broad SMARTS) is 2. The zero-order chi connectivity index (χ0) is 16.2. The maximum atomic E-state index is 11.3. The van der Waals surface area contributed by atoms with Crippen LogP contribution in [0.25, 0.3) is 0 Å². The van der Waals surface area contributed by atoms with Crippen LogP contribution in [0.1, 0.15) is 24.6 Å². The number of amides is 1. The number of carbonyl (C=O) groups excluding carboxylic acids is 1. The highest BCUT2D eigenvalue weighted by atomic mass is 16.4. The van der Waals surface area contributed by atoms with Crippen molar-refractivity contribution in [2.24, 2.45) is 0 Å².